The summed E-state index contributed by atoms with van der Waals surface area (Å²) in [4.78, 5) is -0.113. The minimum atomic E-state index is -4.98. The number of halogens is 1. The maximum atomic E-state index is 13.5. The summed E-state index contributed by atoms with van der Waals surface area (Å²) >= 11 is -4.98. The summed E-state index contributed by atoms with van der Waals surface area (Å²) < 4.78 is 53.3. The van der Waals surface area contributed by atoms with Crippen molar-refractivity contribution >= 4 is 25.3 Å². The summed E-state index contributed by atoms with van der Waals surface area (Å²) in [6, 6.07) is 12.3. The molecule has 0 amide bonds. The average Bonchev–Trinajstić information content (AvgIpc) is 3.16. The maximum absolute atomic E-state index is 13.5. The third-order valence-electron chi connectivity index (χ3n) is 4.08. The summed E-state index contributed by atoms with van der Waals surface area (Å²) in [5.74, 6) is 0. The van der Waals surface area contributed by atoms with Crippen molar-refractivity contribution in [2.24, 2.45) is 0 Å². The molecule has 0 bridgehead atoms. The van der Waals surface area contributed by atoms with Gasteiger partial charge in [0.1, 0.15) is 0 Å². The zero-order valence-corrected chi connectivity index (χ0v) is 18.8. The Hall–Kier alpha value is -1.27. The van der Waals surface area contributed by atoms with Crippen LogP contribution in [0.2, 0.25) is 4.51 Å². The molecule has 0 saturated carbocycles. The van der Waals surface area contributed by atoms with Gasteiger partial charge < -0.3 is 0 Å². The third kappa shape index (κ3) is 3.35. The van der Waals surface area contributed by atoms with Crippen molar-refractivity contribution in [1.29, 1.82) is 0 Å². The molecule has 0 aromatic heterocycles. The van der Waals surface area contributed by atoms with Gasteiger partial charge in [-0.3, -0.25) is 0 Å². The molecule has 0 atom stereocenters. The second-order valence-corrected chi connectivity index (χ2v) is 28.4. The monoisotopic (exact) mass is 512 g/mol. The standard InChI is InChI=1S/2C7H7O2S.C5H5.ClH.Ru/c2*1-6-2-4-7(5-3-6)10(8)9;1-2-4-5-3-1;;/h2*2-5H,1H3;1-5H;1H;/q;;;;+1/p-1. The summed E-state index contributed by atoms with van der Waals surface area (Å²) in [5, 5.41) is 0. The van der Waals surface area contributed by atoms with Gasteiger partial charge in [-0.05, 0) is 0 Å². The number of hydrogen-bond donors (Lipinski definition) is 0. The van der Waals surface area contributed by atoms with E-state index in [0.29, 0.717) is 0 Å². The normalized spacial score (nSPS) is 16.0. The van der Waals surface area contributed by atoms with Crippen LogP contribution < -0.4 is 0 Å². The Labute approximate surface area is 165 Å². The Morgan fingerprint density at radius 2 is 1.04 bits per heavy atom. The first-order chi connectivity index (χ1) is 12.6. The van der Waals surface area contributed by atoms with Crippen LogP contribution in [-0.4, -0.2) is 16.8 Å². The SMILES string of the molecule is Cc1ccc([S](=O)(=O)[Ru]([Cl])([CH]2C=CC=C2)[S](=O)(=O)c2ccc(C)cc2)cc1. The Morgan fingerprint density at radius 3 is 1.37 bits per heavy atom. The second-order valence-electron chi connectivity index (χ2n) is 6.09. The number of aryl methyl sites for hydroxylation is 2. The van der Waals surface area contributed by atoms with Gasteiger partial charge in [-0.1, -0.05) is 0 Å². The van der Waals surface area contributed by atoms with E-state index in [9.17, 15) is 16.8 Å². The molecule has 0 N–H and O–H groups in total. The molecule has 0 fully saturated rings. The molecule has 0 saturated heterocycles. The van der Waals surface area contributed by atoms with Gasteiger partial charge in [-0.2, -0.15) is 0 Å². The quantitative estimate of drug-likeness (QED) is 0.550. The zero-order valence-electron chi connectivity index (χ0n) is 14.7. The van der Waals surface area contributed by atoms with E-state index >= 15 is 0 Å². The number of hydrogen-bond acceptors (Lipinski definition) is 4. The molecule has 0 aliphatic heterocycles. The van der Waals surface area contributed by atoms with Gasteiger partial charge in [0.05, 0.1) is 0 Å². The Morgan fingerprint density at radius 1 is 0.704 bits per heavy atom. The zero-order chi connectivity index (χ0) is 19.9. The van der Waals surface area contributed by atoms with Crippen molar-refractivity contribution < 1.29 is 28.2 Å². The van der Waals surface area contributed by atoms with Crippen LogP contribution in [0, 0.1) is 13.8 Å². The molecule has 8 heteroatoms. The van der Waals surface area contributed by atoms with Crippen molar-refractivity contribution in [3.8, 4) is 0 Å². The van der Waals surface area contributed by atoms with Gasteiger partial charge in [-0.15, -0.1) is 0 Å². The van der Waals surface area contributed by atoms with E-state index in [4.69, 9.17) is 9.69 Å². The van der Waals surface area contributed by atoms with Crippen LogP contribution in [0.4, 0.5) is 0 Å². The topological polar surface area (TPSA) is 68.3 Å². The predicted octanol–water partition coefficient (Wildman–Crippen LogP) is 4.60. The third-order valence-corrected chi connectivity index (χ3v) is 32.9. The molecule has 27 heavy (non-hydrogen) atoms. The number of allylic oxidation sites excluding steroid dienone is 4. The fraction of sp³-hybridized carbons (Fsp3) is 0.158. The molecule has 2 aromatic carbocycles. The van der Waals surface area contributed by atoms with Gasteiger partial charge in [0.2, 0.25) is 0 Å². The average molecular weight is 512 g/mol. The van der Waals surface area contributed by atoms with Gasteiger partial charge >= 0.3 is 166 Å². The van der Waals surface area contributed by atoms with Crippen molar-refractivity contribution in [2.75, 3.05) is 0 Å². The molecule has 146 valence electrons. The van der Waals surface area contributed by atoms with E-state index in [-0.39, 0.29) is 9.79 Å². The molecule has 0 heterocycles. The van der Waals surface area contributed by atoms with Crippen molar-refractivity contribution in [1.82, 2.24) is 0 Å². The first kappa shape index (κ1) is 20.5. The van der Waals surface area contributed by atoms with Gasteiger partial charge in [0.15, 0.2) is 0 Å². The van der Waals surface area contributed by atoms with E-state index in [1.807, 2.05) is 13.8 Å². The van der Waals surface area contributed by atoms with Crippen LogP contribution in [0.5, 0.6) is 0 Å². The van der Waals surface area contributed by atoms with E-state index in [1.165, 1.54) is 24.3 Å². The van der Waals surface area contributed by atoms with Gasteiger partial charge in [0.25, 0.3) is 0 Å². The Kier molecular flexibility index (Phi) is 5.52. The number of rotatable bonds is 5. The molecular formula is C19H19ClO4RuS2. The van der Waals surface area contributed by atoms with Crippen LogP contribution in [0.25, 0.3) is 0 Å². The van der Waals surface area contributed by atoms with E-state index in [0.717, 1.165) is 11.1 Å². The fourth-order valence-corrected chi connectivity index (χ4v) is 26.0. The molecule has 0 unspecified atom stereocenters. The molecule has 1 aliphatic carbocycles. The Bertz CT molecular complexity index is 1030. The van der Waals surface area contributed by atoms with Crippen LogP contribution in [-0.2, 0) is 27.0 Å². The van der Waals surface area contributed by atoms with E-state index in [2.05, 4.69) is 0 Å². The van der Waals surface area contributed by atoms with Gasteiger partial charge in [0, 0.05) is 0 Å². The predicted molar refractivity (Wildman–Crippen MR) is 105 cm³/mol. The Balaban J connectivity index is 2.27. The first-order valence-electron chi connectivity index (χ1n) is 8.01. The van der Waals surface area contributed by atoms with Crippen LogP contribution in [0.15, 0.2) is 82.6 Å². The molecule has 1 aliphatic rings. The van der Waals surface area contributed by atoms with E-state index in [1.54, 1.807) is 48.6 Å². The molecule has 0 radical (unpaired) electrons. The molecule has 4 nitrogen and oxygen atoms in total. The second kappa shape index (κ2) is 7.28. The van der Waals surface area contributed by atoms with Gasteiger partial charge in [-0.25, -0.2) is 0 Å². The molecule has 3 rings (SSSR count). The van der Waals surface area contributed by atoms with E-state index < -0.39 is 31.5 Å². The summed E-state index contributed by atoms with van der Waals surface area (Å²) in [7, 11) is -1.77. The van der Waals surface area contributed by atoms with Crippen LogP contribution >= 0.6 is 9.69 Å². The molecular weight excluding hydrogens is 493 g/mol. The van der Waals surface area contributed by atoms with Crippen LogP contribution in [0.1, 0.15) is 11.1 Å². The first-order valence-corrected chi connectivity index (χ1v) is 18.2. The molecule has 2 aromatic rings. The summed E-state index contributed by atoms with van der Waals surface area (Å²) in [6.45, 7) is 3.66. The van der Waals surface area contributed by atoms with Crippen molar-refractivity contribution in [3.05, 3.63) is 84.0 Å². The minimum absolute atomic E-state index is 0.0564. The summed E-state index contributed by atoms with van der Waals surface area (Å²) in [6.07, 6.45) is 6.41. The molecule has 0 spiro atoms. The van der Waals surface area contributed by atoms with Crippen molar-refractivity contribution in [2.45, 2.75) is 28.2 Å². The number of benzene rings is 2. The van der Waals surface area contributed by atoms with Crippen molar-refractivity contribution in [3.63, 3.8) is 0 Å². The van der Waals surface area contributed by atoms with Crippen LogP contribution in [0.3, 0.4) is 0 Å². The summed E-state index contributed by atoms with van der Waals surface area (Å²) in [5.41, 5.74) is 1.75. The fourth-order valence-electron chi connectivity index (χ4n) is 2.54.